The molecule has 0 unspecified atom stereocenters. The molecule has 0 heterocycles. The molecule has 0 saturated heterocycles. The minimum Gasteiger partial charge on any atom is -0.505 e. The molecule has 0 aliphatic heterocycles. The standard InChI is InChI=1S/C18H8Cl2N4O/c1-22-15(10-21)16(11-6-4-3-5-7-11)18(23-2)24-12-8-13(19)17(25)14(20)9-12/h3-9,25H. The number of aliphatic imine (C=N–C) groups is 1. The smallest absolute Gasteiger partial charge is 0.268 e. The van der Waals surface area contributed by atoms with Crippen LogP contribution >= 0.6 is 23.2 Å². The van der Waals surface area contributed by atoms with E-state index in [0.717, 1.165) is 0 Å². The number of allylic oxidation sites excluding steroid dienone is 1. The summed E-state index contributed by atoms with van der Waals surface area (Å²) >= 11 is 11.7. The first kappa shape index (κ1) is 18.0. The Bertz CT molecular complexity index is 967. The summed E-state index contributed by atoms with van der Waals surface area (Å²) in [5, 5.41) is 18.8. The summed E-state index contributed by atoms with van der Waals surface area (Å²) in [6.07, 6.45) is 0. The Hall–Kier alpha value is -3.30. The maximum atomic E-state index is 9.61. The minimum absolute atomic E-state index is 0.0218. The highest BCUT2D eigenvalue weighted by Gasteiger charge is 2.18. The van der Waals surface area contributed by atoms with Gasteiger partial charge in [0, 0.05) is 17.7 Å². The Kier molecular flexibility index (Phi) is 5.77. The molecule has 0 saturated carbocycles. The Morgan fingerprint density at radius 1 is 1.08 bits per heavy atom. The van der Waals surface area contributed by atoms with E-state index in [1.165, 1.54) is 12.1 Å². The molecule has 0 aromatic heterocycles. The van der Waals surface area contributed by atoms with Crippen molar-refractivity contribution >= 4 is 40.3 Å². The van der Waals surface area contributed by atoms with Crippen LogP contribution in [0, 0.1) is 24.5 Å². The first-order valence-electron chi connectivity index (χ1n) is 6.73. The Morgan fingerprint density at radius 2 is 1.68 bits per heavy atom. The molecule has 0 spiro atoms. The van der Waals surface area contributed by atoms with Crippen molar-refractivity contribution in [2.75, 3.05) is 0 Å². The first-order valence-corrected chi connectivity index (χ1v) is 7.49. The van der Waals surface area contributed by atoms with E-state index < -0.39 is 0 Å². The van der Waals surface area contributed by atoms with Gasteiger partial charge in [0.15, 0.2) is 11.4 Å². The van der Waals surface area contributed by atoms with E-state index in [4.69, 9.17) is 36.3 Å². The molecule has 2 rings (SSSR count). The van der Waals surface area contributed by atoms with E-state index >= 15 is 0 Å². The number of amidine groups is 1. The number of phenolic OH excluding ortho intramolecular Hbond substituents is 1. The number of nitriles is 1. The number of halogens is 2. The molecule has 0 aliphatic rings. The predicted octanol–water partition coefficient (Wildman–Crippen LogP) is 5.50. The van der Waals surface area contributed by atoms with Gasteiger partial charge in [0.1, 0.15) is 0 Å². The van der Waals surface area contributed by atoms with E-state index in [1.54, 1.807) is 36.4 Å². The SMILES string of the molecule is [C-]#[N+]C(=Nc1cc(Cl)c(O)c(Cl)c1)C(=C(C#N)[N+]#[C-])c1ccccc1. The van der Waals surface area contributed by atoms with Crippen LogP contribution in [0.3, 0.4) is 0 Å². The topological polar surface area (TPSA) is 65.1 Å². The quantitative estimate of drug-likeness (QED) is 0.337. The van der Waals surface area contributed by atoms with Gasteiger partial charge < -0.3 is 9.95 Å². The van der Waals surface area contributed by atoms with Crippen LogP contribution in [0.5, 0.6) is 5.75 Å². The highest BCUT2D eigenvalue weighted by molar-refractivity contribution is 6.37. The minimum atomic E-state index is -0.288. The second-order valence-electron chi connectivity index (χ2n) is 4.62. The van der Waals surface area contributed by atoms with Crippen LogP contribution in [0.15, 0.2) is 53.2 Å². The number of rotatable bonds is 3. The number of hydrogen-bond donors (Lipinski definition) is 1. The van der Waals surface area contributed by atoms with Gasteiger partial charge in [-0.1, -0.05) is 60.1 Å². The second kappa shape index (κ2) is 7.99. The molecule has 120 valence electrons. The number of benzene rings is 2. The lowest BCUT2D eigenvalue weighted by molar-refractivity contribution is 0.476. The van der Waals surface area contributed by atoms with Crippen molar-refractivity contribution in [1.29, 1.82) is 5.26 Å². The average Bonchev–Trinajstić information content (AvgIpc) is 2.63. The molecule has 0 fully saturated rings. The fraction of sp³-hybridized carbons (Fsp3) is 0. The van der Waals surface area contributed by atoms with Crippen LogP contribution in [0.4, 0.5) is 5.69 Å². The van der Waals surface area contributed by atoms with E-state index in [0.29, 0.717) is 5.56 Å². The molecular formula is C18H8Cl2N4O. The highest BCUT2D eigenvalue weighted by Crippen LogP contribution is 2.36. The molecule has 0 radical (unpaired) electrons. The molecule has 0 amide bonds. The first-order chi connectivity index (χ1) is 12.0. The normalized spacial score (nSPS) is 11.7. The van der Waals surface area contributed by atoms with Gasteiger partial charge in [-0.2, -0.15) is 0 Å². The third kappa shape index (κ3) is 3.97. The monoisotopic (exact) mass is 366 g/mol. The van der Waals surface area contributed by atoms with Gasteiger partial charge in [-0.15, -0.1) is 4.99 Å². The van der Waals surface area contributed by atoms with Crippen molar-refractivity contribution < 1.29 is 5.11 Å². The third-order valence-electron chi connectivity index (χ3n) is 3.08. The fourth-order valence-electron chi connectivity index (χ4n) is 1.99. The predicted molar refractivity (Wildman–Crippen MR) is 97.4 cm³/mol. The summed E-state index contributed by atoms with van der Waals surface area (Å²) in [4.78, 5) is 10.7. The molecule has 1 N–H and O–H groups in total. The van der Waals surface area contributed by atoms with Crippen molar-refractivity contribution in [3.8, 4) is 11.8 Å². The largest absolute Gasteiger partial charge is 0.505 e. The summed E-state index contributed by atoms with van der Waals surface area (Å²) in [6, 6.07) is 13.0. The average molecular weight is 367 g/mol. The highest BCUT2D eigenvalue weighted by atomic mass is 35.5. The van der Waals surface area contributed by atoms with E-state index in [-0.39, 0.29) is 38.6 Å². The van der Waals surface area contributed by atoms with Crippen LogP contribution in [-0.2, 0) is 0 Å². The van der Waals surface area contributed by atoms with Crippen LogP contribution < -0.4 is 0 Å². The van der Waals surface area contributed by atoms with Crippen LogP contribution in [0.2, 0.25) is 10.0 Å². The summed E-state index contributed by atoms with van der Waals surface area (Å²) in [5.41, 5.74) is 0.598. The van der Waals surface area contributed by atoms with Gasteiger partial charge in [0.2, 0.25) is 0 Å². The maximum Gasteiger partial charge on any atom is 0.268 e. The number of hydrogen-bond acceptors (Lipinski definition) is 3. The maximum absolute atomic E-state index is 9.61. The molecule has 0 bridgehead atoms. The zero-order valence-electron chi connectivity index (χ0n) is 12.5. The van der Waals surface area contributed by atoms with E-state index in [2.05, 4.69) is 14.7 Å². The van der Waals surface area contributed by atoms with E-state index in [1.807, 2.05) is 0 Å². The molecule has 7 heteroatoms. The van der Waals surface area contributed by atoms with Crippen molar-refractivity contribution in [3.63, 3.8) is 0 Å². The molecular weight excluding hydrogens is 359 g/mol. The molecule has 0 atom stereocenters. The van der Waals surface area contributed by atoms with Crippen molar-refractivity contribution in [1.82, 2.24) is 0 Å². The molecule has 5 nitrogen and oxygen atoms in total. The fourth-order valence-corrected chi connectivity index (χ4v) is 2.46. The Balaban J connectivity index is 2.72. The van der Waals surface area contributed by atoms with Crippen LogP contribution in [0.25, 0.3) is 15.3 Å². The number of aromatic hydroxyl groups is 1. The van der Waals surface area contributed by atoms with Gasteiger partial charge in [0.05, 0.1) is 22.7 Å². The van der Waals surface area contributed by atoms with Crippen molar-refractivity contribution in [2.45, 2.75) is 0 Å². The summed E-state index contributed by atoms with van der Waals surface area (Å²) in [5.74, 6) is -0.444. The van der Waals surface area contributed by atoms with Gasteiger partial charge in [-0.05, 0) is 5.56 Å². The molecule has 2 aromatic rings. The van der Waals surface area contributed by atoms with Gasteiger partial charge >= 0.3 is 0 Å². The van der Waals surface area contributed by atoms with Crippen LogP contribution in [-0.4, -0.2) is 10.9 Å². The zero-order chi connectivity index (χ0) is 18.4. The lowest BCUT2D eigenvalue weighted by Gasteiger charge is -2.07. The second-order valence-corrected chi connectivity index (χ2v) is 5.43. The van der Waals surface area contributed by atoms with Crippen LogP contribution in [0.1, 0.15) is 5.56 Å². The molecule has 0 aliphatic carbocycles. The van der Waals surface area contributed by atoms with Gasteiger partial charge in [-0.3, -0.25) is 0 Å². The molecule has 25 heavy (non-hydrogen) atoms. The summed E-state index contributed by atoms with van der Waals surface area (Å²) in [7, 11) is 0. The molecule has 2 aromatic carbocycles. The van der Waals surface area contributed by atoms with Gasteiger partial charge in [-0.25, -0.2) is 10.1 Å². The van der Waals surface area contributed by atoms with E-state index in [9.17, 15) is 10.4 Å². The Labute approximate surface area is 154 Å². The number of nitrogens with zero attached hydrogens (tertiary/aromatic N) is 4. The third-order valence-corrected chi connectivity index (χ3v) is 3.66. The summed E-state index contributed by atoms with van der Waals surface area (Å²) in [6.45, 7) is 14.6. The van der Waals surface area contributed by atoms with Gasteiger partial charge in [0.25, 0.3) is 11.5 Å². The van der Waals surface area contributed by atoms with Crippen molar-refractivity contribution in [3.05, 3.63) is 86.6 Å². The van der Waals surface area contributed by atoms with Crippen molar-refractivity contribution in [2.24, 2.45) is 4.99 Å². The Morgan fingerprint density at radius 3 is 2.16 bits per heavy atom. The lowest BCUT2D eigenvalue weighted by atomic mass is 10.0. The lowest BCUT2D eigenvalue weighted by Crippen LogP contribution is -1.99. The zero-order valence-corrected chi connectivity index (χ0v) is 14.0. The number of phenols is 1. The summed E-state index contributed by atoms with van der Waals surface area (Å²) < 4.78 is 0.